The van der Waals surface area contributed by atoms with Crippen molar-refractivity contribution in [2.45, 2.75) is 20.3 Å². The van der Waals surface area contributed by atoms with E-state index in [1.54, 1.807) is 30.3 Å². The second-order valence-electron chi connectivity index (χ2n) is 4.83. The van der Waals surface area contributed by atoms with Gasteiger partial charge in [-0.2, -0.15) is 5.26 Å². The number of hydrogen-bond donors (Lipinski definition) is 1. The summed E-state index contributed by atoms with van der Waals surface area (Å²) in [5.41, 5.74) is 1.86. The van der Waals surface area contributed by atoms with Crippen molar-refractivity contribution in [1.29, 1.82) is 5.26 Å². The molecular formula is C17H16N2O3S. The molecule has 23 heavy (non-hydrogen) atoms. The highest BCUT2D eigenvalue weighted by Crippen LogP contribution is 2.22. The Bertz CT molecular complexity index is 774. The number of nitrogens with zero attached hydrogens (tertiary/aromatic N) is 1. The number of para-hydroxylation sites is 1. The highest BCUT2D eigenvalue weighted by atomic mass is 32.1. The second kappa shape index (κ2) is 7.56. The van der Waals surface area contributed by atoms with E-state index in [9.17, 15) is 9.59 Å². The third-order valence-electron chi connectivity index (χ3n) is 3.26. The number of ether oxygens (including phenoxy) is 1. The van der Waals surface area contributed by atoms with Gasteiger partial charge in [-0.05, 0) is 37.1 Å². The standard InChI is InChI=1S/C17H16N2O3S/c1-3-12-8-15(23-11(12)2)17(21)22-10-16(20)19-14-7-5-4-6-13(14)9-18/h4-8H,3,10H2,1-2H3,(H,19,20). The maximum Gasteiger partial charge on any atom is 0.348 e. The Labute approximate surface area is 138 Å². The predicted molar refractivity (Wildman–Crippen MR) is 88.5 cm³/mol. The Balaban J connectivity index is 1.93. The van der Waals surface area contributed by atoms with Crippen LogP contribution in [0.3, 0.4) is 0 Å². The molecule has 0 radical (unpaired) electrons. The lowest BCUT2D eigenvalue weighted by Gasteiger charge is -2.07. The molecule has 6 heteroatoms. The molecule has 0 unspecified atom stereocenters. The molecule has 0 bridgehead atoms. The third-order valence-corrected chi connectivity index (χ3v) is 4.33. The fraction of sp³-hybridized carbons (Fsp3) is 0.235. The largest absolute Gasteiger partial charge is 0.451 e. The van der Waals surface area contributed by atoms with Crippen LogP contribution >= 0.6 is 11.3 Å². The minimum absolute atomic E-state index is 0.355. The van der Waals surface area contributed by atoms with Gasteiger partial charge in [0.1, 0.15) is 10.9 Å². The number of benzene rings is 1. The average molecular weight is 328 g/mol. The van der Waals surface area contributed by atoms with E-state index in [1.165, 1.54) is 11.3 Å². The highest BCUT2D eigenvalue weighted by Gasteiger charge is 2.15. The van der Waals surface area contributed by atoms with E-state index < -0.39 is 18.5 Å². The molecule has 2 aromatic rings. The second-order valence-corrected chi connectivity index (χ2v) is 6.08. The molecule has 0 saturated carbocycles. The lowest BCUT2D eigenvalue weighted by molar-refractivity contribution is -0.119. The van der Waals surface area contributed by atoms with Crippen LogP contribution in [0.2, 0.25) is 0 Å². The van der Waals surface area contributed by atoms with Crippen molar-refractivity contribution in [1.82, 2.24) is 0 Å². The van der Waals surface area contributed by atoms with Crippen LogP contribution < -0.4 is 5.32 Å². The third kappa shape index (κ3) is 4.18. The summed E-state index contributed by atoms with van der Waals surface area (Å²) in [7, 11) is 0. The summed E-state index contributed by atoms with van der Waals surface area (Å²) in [6, 6.07) is 10.4. The predicted octanol–water partition coefficient (Wildman–Crippen LogP) is 3.29. The molecule has 1 N–H and O–H groups in total. The SMILES string of the molecule is CCc1cc(C(=O)OCC(=O)Nc2ccccc2C#N)sc1C. The van der Waals surface area contributed by atoms with Crippen molar-refractivity contribution in [3.05, 3.63) is 51.2 Å². The summed E-state index contributed by atoms with van der Waals surface area (Å²) in [5, 5.41) is 11.5. The monoisotopic (exact) mass is 328 g/mol. The molecule has 5 nitrogen and oxygen atoms in total. The minimum Gasteiger partial charge on any atom is -0.451 e. The zero-order chi connectivity index (χ0) is 16.8. The normalized spacial score (nSPS) is 9.96. The van der Waals surface area contributed by atoms with Crippen molar-refractivity contribution >= 4 is 28.9 Å². The van der Waals surface area contributed by atoms with Gasteiger partial charge in [-0.25, -0.2) is 4.79 Å². The molecule has 0 fully saturated rings. The van der Waals surface area contributed by atoms with Crippen LogP contribution in [0.4, 0.5) is 5.69 Å². The molecule has 0 saturated heterocycles. The van der Waals surface area contributed by atoms with Gasteiger partial charge in [-0.15, -0.1) is 11.3 Å². The minimum atomic E-state index is -0.512. The molecule has 2 rings (SSSR count). The molecule has 0 aliphatic heterocycles. The van der Waals surface area contributed by atoms with Crippen LogP contribution in [-0.2, 0) is 16.0 Å². The van der Waals surface area contributed by atoms with Gasteiger partial charge in [0.25, 0.3) is 5.91 Å². The van der Waals surface area contributed by atoms with E-state index in [-0.39, 0.29) is 0 Å². The molecule has 1 aromatic heterocycles. The molecule has 1 amide bonds. The van der Waals surface area contributed by atoms with E-state index in [0.717, 1.165) is 16.9 Å². The smallest absolute Gasteiger partial charge is 0.348 e. The van der Waals surface area contributed by atoms with Crippen LogP contribution in [0.15, 0.2) is 30.3 Å². The van der Waals surface area contributed by atoms with Gasteiger partial charge in [0, 0.05) is 4.88 Å². The number of anilines is 1. The molecule has 118 valence electrons. The number of thiophene rings is 1. The van der Waals surface area contributed by atoms with E-state index in [0.29, 0.717) is 16.1 Å². The molecule has 1 heterocycles. The Hall–Kier alpha value is -2.65. The number of rotatable bonds is 5. The summed E-state index contributed by atoms with van der Waals surface area (Å²) in [6.45, 7) is 3.58. The van der Waals surface area contributed by atoms with Gasteiger partial charge >= 0.3 is 5.97 Å². The van der Waals surface area contributed by atoms with E-state index in [1.807, 2.05) is 19.9 Å². The number of amides is 1. The number of esters is 1. The maximum absolute atomic E-state index is 12.0. The van der Waals surface area contributed by atoms with Gasteiger partial charge in [0.2, 0.25) is 0 Å². The first kappa shape index (κ1) is 16.7. The Kier molecular flexibility index (Phi) is 5.50. The summed E-state index contributed by atoms with van der Waals surface area (Å²) in [6.07, 6.45) is 0.848. The zero-order valence-electron chi connectivity index (χ0n) is 12.9. The first-order valence-electron chi connectivity index (χ1n) is 7.10. The molecule has 0 atom stereocenters. The van der Waals surface area contributed by atoms with E-state index in [4.69, 9.17) is 10.00 Å². The molecular weight excluding hydrogens is 312 g/mol. The summed E-state index contributed by atoms with van der Waals surface area (Å²) in [4.78, 5) is 25.4. The van der Waals surface area contributed by atoms with Gasteiger partial charge in [0.05, 0.1) is 11.3 Å². The van der Waals surface area contributed by atoms with Crippen molar-refractivity contribution in [2.24, 2.45) is 0 Å². The van der Waals surface area contributed by atoms with Gasteiger partial charge in [-0.1, -0.05) is 19.1 Å². The highest BCUT2D eigenvalue weighted by molar-refractivity contribution is 7.14. The Morgan fingerprint density at radius 2 is 2.09 bits per heavy atom. The van der Waals surface area contributed by atoms with Crippen molar-refractivity contribution < 1.29 is 14.3 Å². The van der Waals surface area contributed by atoms with Gasteiger partial charge in [-0.3, -0.25) is 4.79 Å². The number of nitrogens with one attached hydrogen (secondary N) is 1. The number of hydrogen-bond acceptors (Lipinski definition) is 5. The lowest BCUT2D eigenvalue weighted by atomic mass is 10.2. The number of carbonyl (C=O) groups is 2. The van der Waals surface area contributed by atoms with Crippen LogP contribution in [0, 0.1) is 18.3 Å². The van der Waals surface area contributed by atoms with E-state index in [2.05, 4.69) is 5.32 Å². The van der Waals surface area contributed by atoms with Crippen molar-refractivity contribution in [3.8, 4) is 6.07 Å². The van der Waals surface area contributed by atoms with Crippen LogP contribution in [0.1, 0.15) is 32.6 Å². The summed E-state index contributed by atoms with van der Waals surface area (Å²) in [5.74, 6) is -0.994. The number of carbonyl (C=O) groups excluding carboxylic acids is 2. The number of aryl methyl sites for hydroxylation is 2. The van der Waals surface area contributed by atoms with Crippen LogP contribution in [-0.4, -0.2) is 18.5 Å². The zero-order valence-corrected chi connectivity index (χ0v) is 13.7. The first-order chi connectivity index (χ1) is 11.0. The summed E-state index contributed by atoms with van der Waals surface area (Å²) >= 11 is 1.36. The Morgan fingerprint density at radius 1 is 1.35 bits per heavy atom. The number of nitriles is 1. The quantitative estimate of drug-likeness (QED) is 0.854. The van der Waals surface area contributed by atoms with Crippen LogP contribution in [0.5, 0.6) is 0 Å². The lowest BCUT2D eigenvalue weighted by Crippen LogP contribution is -2.21. The fourth-order valence-electron chi connectivity index (χ4n) is 2.05. The van der Waals surface area contributed by atoms with Crippen LogP contribution in [0.25, 0.3) is 0 Å². The molecule has 0 aliphatic rings. The average Bonchev–Trinajstić information content (AvgIpc) is 2.94. The Morgan fingerprint density at radius 3 is 2.74 bits per heavy atom. The molecule has 1 aromatic carbocycles. The summed E-state index contributed by atoms with van der Waals surface area (Å²) < 4.78 is 5.02. The van der Waals surface area contributed by atoms with Crippen molar-refractivity contribution in [2.75, 3.05) is 11.9 Å². The first-order valence-corrected chi connectivity index (χ1v) is 7.92. The van der Waals surface area contributed by atoms with E-state index >= 15 is 0 Å². The van der Waals surface area contributed by atoms with Gasteiger partial charge in [0.15, 0.2) is 6.61 Å². The molecule has 0 spiro atoms. The van der Waals surface area contributed by atoms with Crippen molar-refractivity contribution in [3.63, 3.8) is 0 Å². The maximum atomic E-state index is 12.0. The topological polar surface area (TPSA) is 79.2 Å². The van der Waals surface area contributed by atoms with Gasteiger partial charge < -0.3 is 10.1 Å². The fourth-order valence-corrected chi connectivity index (χ4v) is 3.06. The molecule has 0 aliphatic carbocycles.